The molecule has 0 heterocycles. The quantitative estimate of drug-likeness (QED) is 0.642. The van der Waals surface area contributed by atoms with Crippen LogP contribution in [0.1, 0.15) is 20.3 Å². The van der Waals surface area contributed by atoms with Gasteiger partial charge >= 0.3 is 0 Å². The van der Waals surface area contributed by atoms with Gasteiger partial charge in [-0.15, -0.1) is 0 Å². The van der Waals surface area contributed by atoms with Gasteiger partial charge in [0.1, 0.15) is 0 Å². The average Bonchev–Trinajstić information content (AvgIpc) is 2.00. The van der Waals surface area contributed by atoms with Gasteiger partial charge in [0.15, 0.2) is 5.78 Å². The lowest BCUT2D eigenvalue weighted by atomic mass is 10.2. The van der Waals surface area contributed by atoms with Crippen LogP contribution in [0, 0.1) is 0 Å². The van der Waals surface area contributed by atoms with Crippen LogP contribution in [0.5, 0.6) is 0 Å². The van der Waals surface area contributed by atoms with Crippen LogP contribution < -0.4 is 5.32 Å². The highest BCUT2D eigenvalue weighted by Crippen LogP contribution is 1.86. The number of rotatable bonds is 5. The molecule has 0 rings (SSSR count). The highest BCUT2D eigenvalue weighted by atomic mass is 16.5. The highest BCUT2D eigenvalue weighted by molar-refractivity contribution is 5.87. The highest BCUT2D eigenvalue weighted by Gasteiger charge is 2.09. The normalized spacial score (nSPS) is 12.2. The first-order chi connectivity index (χ1) is 5.57. The van der Waals surface area contributed by atoms with E-state index in [0.29, 0.717) is 13.0 Å². The summed E-state index contributed by atoms with van der Waals surface area (Å²) >= 11 is 0. The molecular formula is C8H15NO3. The topological polar surface area (TPSA) is 55.4 Å². The molecule has 0 saturated carbocycles. The zero-order chi connectivity index (χ0) is 9.56. The summed E-state index contributed by atoms with van der Waals surface area (Å²) in [6.45, 7) is 3.49. The standard InChI is InChI=1S/C8H15NO3/c1-6(7(2)10)9-8(11)4-5-12-3/h6H,4-5H2,1-3H3,(H,9,11)/t6-/m0/s1. The first-order valence-electron chi connectivity index (χ1n) is 3.86. The Morgan fingerprint density at radius 2 is 2.08 bits per heavy atom. The number of hydrogen-bond donors (Lipinski definition) is 1. The van der Waals surface area contributed by atoms with Gasteiger partial charge in [-0.2, -0.15) is 0 Å². The summed E-state index contributed by atoms with van der Waals surface area (Å²) in [5.74, 6) is -0.194. The molecular weight excluding hydrogens is 158 g/mol. The summed E-state index contributed by atoms with van der Waals surface area (Å²) in [5.41, 5.74) is 0. The summed E-state index contributed by atoms with van der Waals surface area (Å²) in [6.07, 6.45) is 0.300. The summed E-state index contributed by atoms with van der Waals surface area (Å²) in [4.78, 5) is 21.7. The maximum absolute atomic E-state index is 11.0. The third-order valence-corrected chi connectivity index (χ3v) is 1.52. The predicted octanol–water partition coefficient (Wildman–Crippen LogP) is 0.117. The molecule has 1 N–H and O–H groups in total. The third-order valence-electron chi connectivity index (χ3n) is 1.52. The van der Waals surface area contributed by atoms with Crippen LogP contribution in [-0.4, -0.2) is 31.4 Å². The van der Waals surface area contributed by atoms with E-state index >= 15 is 0 Å². The molecule has 0 bridgehead atoms. The summed E-state index contributed by atoms with van der Waals surface area (Å²) in [6, 6.07) is -0.394. The van der Waals surface area contributed by atoms with Crippen molar-refractivity contribution in [3.05, 3.63) is 0 Å². The second kappa shape index (κ2) is 5.71. The Morgan fingerprint density at radius 1 is 1.50 bits per heavy atom. The molecule has 0 aliphatic heterocycles. The second-order valence-electron chi connectivity index (χ2n) is 2.64. The zero-order valence-electron chi connectivity index (χ0n) is 7.72. The zero-order valence-corrected chi connectivity index (χ0v) is 7.72. The molecule has 0 aromatic carbocycles. The van der Waals surface area contributed by atoms with Gasteiger partial charge in [-0.05, 0) is 13.8 Å². The second-order valence-corrected chi connectivity index (χ2v) is 2.64. The van der Waals surface area contributed by atoms with Crippen LogP contribution in [0.3, 0.4) is 0 Å². The molecule has 0 aromatic rings. The van der Waals surface area contributed by atoms with Gasteiger partial charge in [-0.1, -0.05) is 0 Å². The Bertz CT molecular complexity index is 168. The smallest absolute Gasteiger partial charge is 0.222 e. The molecule has 12 heavy (non-hydrogen) atoms. The van der Waals surface area contributed by atoms with Gasteiger partial charge < -0.3 is 10.1 Å². The summed E-state index contributed by atoms with van der Waals surface area (Å²) in [5, 5.41) is 2.55. The fourth-order valence-corrected chi connectivity index (χ4v) is 0.610. The Balaban J connectivity index is 3.61. The lowest BCUT2D eigenvalue weighted by molar-refractivity contribution is -0.127. The third kappa shape index (κ3) is 4.85. The van der Waals surface area contributed by atoms with Crippen LogP contribution in [0.15, 0.2) is 0 Å². The van der Waals surface area contributed by atoms with Crippen molar-refractivity contribution in [3.63, 3.8) is 0 Å². The van der Waals surface area contributed by atoms with Crippen molar-refractivity contribution in [3.8, 4) is 0 Å². The van der Waals surface area contributed by atoms with Gasteiger partial charge in [0, 0.05) is 13.5 Å². The number of carbonyl (C=O) groups is 2. The number of amides is 1. The molecule has 4 heteroatoms. The first kappa shape index (κ1) is 11.1. The molecule has 1 atom stereocenters. The molecule has 0 aliphatic carbocycles. The molecule has 0 fully saturated rings. The van der Waals surface area contributed by atoms with E-state index in [-0.39, 0.29) is 11.7 Å². The number of ether oxygens (including phenoxy) is 1. The van der Waals surface area contributed by atoms with Crippen molar-refractivity contribution >= 4 is 11.7 Å². The Labute approximate surface area is 72.3 Å². The van der Waals surface area contributed by atoms with Gasteiger partial charge in [-0.3, -0.25) is 9.59 Å². The van der Waals surface area contributed by atoms with Gasteiger partial charge in [-0.25, -0.2) is 0 Å². The van der Waals surface area contributed by atoms with E-state index in [9.17, 15) is 9.59 Å². The minimum absolute atomic E-state index is 0.0410. The van der Waals surface area contributed by atoms with Crippen LogP contribution in [0.2, 0.25) is 0 Å². The average molecular weight is 173 g/mol. The minimum atomic E-state index is -0.394. The number of carbonyl (C=O) groups excluding carboxylic acids is 2. The number of Topliss-reactive ketones (excluding diaryl/α,β-unsaturated/α-hetero) is 1. The van der Waals surface area contributed by atoms with E-state index in [0.717, 1.165) is 0 Å². The minimum Gasteiger partial charge on any atom is -0.384 e. The van der Waals surface area contributed by atoms with E-state index < -0.39 is 6.04 Å². The fourth-order valence-electron chi connectivity index (χ4n) is 0.610. The molecule has 0 unspecified atom stereocenters. The van der Waals surface area contributed by atoms with Gasteiger partial charge in [0.05, 0.1) is 12.6 Å². The first-order valence-corrected chi connectivity index (χ1v) is 3.86. The molecule has 4 nitrogen and oxygen atoms in total. The predicted molar refractivity (Wildman–Crippen MR) is 44.8 cm³/mol. The maximum Gasteiger partial charge on any atom is 0.222 e. The molecule has 70 valence electrons. The van der Waals surface area contributed by atoms with Crippen LogP contribution in [-0.2, 0) is 14.3 Å². The number of ketones is 1. The van der Waals surface area contributed by atoms with Crippen molar-refractivity contribution in [2.24, 2.45) is 0 Å². The maximum atomic E-state index is 11.0. The van der Waals surface area contributed by atoms with E-state index in [2.05, 4.69) is 5.32 Å². The molecule has 0 aliphatic rings. The number of hydrogen-bond acceptors (Lipinski definition) is 3. The summed E-state index contributed by atoms with van der Waals surface area (Å²) in [7, 11) is 1.53. The Kier molecular flexibility index (Phi) is 5.28. The van der Waals surface area contributed by atoms with Gasteiger partial charge in [0.25, 0.3) is 0 Å². The van der Waals surface area contributed by atoms with Gasteiger partial charge in [0.2, 0.25) is 5.91 Å². The monoisotopic (exact) mass is 173 g/mol. The molecule has 0 radical (unpaired) electrons. The van der Waals surface area contributed by atoms with Crippen LogP contribution >= 0.6 is 0 Å². The summed E-state index contributed by atoms with van der Waals surface area (Å²) < 4.78 is 4.71. The Morgan fingerprint density at radius 3 is 2.50 bits per heavy atom. The van der Waals surface area contributed by atoms with E-state index in [1.807, 2.05) is 0 Å². The van der Waals surface area contributed by atoms with Crippen molar-refractivity contribution in [1.82, 2.24) is 5.32 Å². The van der Waals surface area contributed by atoms with E-state index in [1.54, 1.807) is 6.92 Å². The molecule has 1 amide bonds. The van der Waals surface area contributed by atoms with Crippen molar-refractivity contribution < 1.29 is 14.3 Å². The van der Waals surface area contributed by atoms with Crippen molar-refractivity contribution in [2.75, 3.05) is 13.7 Å². The number of methoxy groups -OCH3 is 1. The SMILES string of the molecule is COCCC(=O)N[C@@H](C)C(C)=O. The molecule has 0 aromatic heterocycles. The number of nitrogens with one attached hydrogen (secondary N) is 1. The van der Waals surface area contributed by atoms with E-state index in [4.69, 9.17) is 4.74 Å². The van der Waals surface area contributed by atoms with Crippen LogP contribution in [0.25, 0.3) is 0 Å². The fraction of sp³-hybridized carbons (Fsp3) is 0.750. The Hall–Kier alpha value is -0.900. The lowest BCUT2D eigenvalue weighted by Gasteiger charge is -2.09. The van der Waals surface area contributed by atoms with Crippen LogP contribution in [0.4, 0.5) is 0 Å². The molecule has 0 spiro atoms. The van der Waals surface area contributed by atoms with Crippen molar-refractivity contribution in [1.29, 1.82) is 0 Å². The lowest BCUT2D eigenvalue weighted by Crippen LogP contribution is -2.37. The largest absolute Gasteiger partial charge is 0.384 e. The molecule has 0 saturated heterocycles. The van der Waals surface area contributed by atoms with E-state index in [1.165, 1.54) is 14.0 Å². The van der Waals surface area contributed by atoms with Crippen molar-refractivity contribution in [2.45, 2.75) is 26.3 Å².